The molecule has 0 unspecified atom stereocenters. The summed E-state index contributed by atoms with van der Waals surface area (Å²) in [5.74, 6) is 1.43. The first-order valence-electron chi connectivity index (χ1n) is 11.2. The molecule has 0 heterocycles. The topological polar surface area (TPSA) is 139 Å². The molecule has 8 nitrogen and oxygen atoms in total. The van der Waals surface area contributed by atoms with Crippen molar-refractivity contribution < 1.29 is 25.2 Å². The lowest BCUT2D eigenvalue weighted by molar-refractivity contribution is -0.00804. The molecule has 32 heavy (non-hydrogen) atoms. The Bertz CT molecular complexity index is 1130. The lowest BCUT2D eigenvalue weighted by atomic mass is 9.55. The van der Waals surface area contributed by atoms with Gasteiger partial charge < -0.3 is 4.18 Å². The first-order valence-corrected chi connectivity index (χ1v) is 14.1. The number of hydrogen-bond acceptors (Lipinski definition) is 6. The molecular weight excluding hydrogens is 452 g/mol. The van der Waals surface area contributed by atoms with Crippen molar-refractivity contribution in [3.8, 4) is 5.75 Å². The first kappa shape index (κ1) is 23.9. The van der Waals surface area contributed by atoms with Crippen LogP contribution in [0.5, 0.6) is 5.75 Å². The molecule has 2 fully saturated rings. The fourth-order valence-electron chi connectivity index (χ4n) is 6.65. The number of rotatable bonds is 4. The molecule has 1 aromatic rings. The van der Waals surface area contributed by atoms with Gasteiger partial charge in [-0.05, 0) is 84.3 Å². The highest BCUT2D eigenvalue weighted by Gasteiger charge is 2.56. The van der Waals surface area contributed by atoms with E-state index in [1.165, 1.54) is 5.56 Å². The molecule has 0 aliphatic heterocycles. The molecule has 3 aliphatic rings. The van der Waals surface area contributed by atoms with Gasteiger partial charge in [-0.3, -0.25) is 4.18 Å². The van der Waals surface area contributed by atoms with Gasteiger partial charge in [-0.15, -0.1) is 0 Å². The van der Waals surface area contributed by atoms with Gasteiger partial charge in [0.1, 0.15) is 5.75 Å². The minimum atomic E-state index is -4.12. The molecule has 2 saturated carbocycles. The number of hydrogen-bond donors (Lipinski definition) is 2. The molecule has 0 aromatic heterocycles. The molecular formula is C22H34N2O6S2. The van der Waals surface area contributed by atoms with Gasteiger partial charge in [0.25, 0.3) is 0 Å². The lowest BCUT2D eigenvalue weighted by Gasteiger charge is -2.50. The second kappa shape index (κ2) is 7.66. The maximum absolute atomic E-state index is 11.7. The molecule has 4 rings (SSSR count). The smallest absolute Gasteiger partial charge is 0.371 e. The van der Waals surface area contributed by atoms with Crippen LogP contribution in [0.25, 0.3) is 0 Å². The second-order valence-corrected chi connectivity index (χ2v) is 13.3. The van der Waals surface area contributed by atoms with E-state index < -0.39 is 20.6 Å². The zero-order chi connectivity index (χ0) is 23.7. The molecule has 4 N–H and O–H groups in total. The molecule has 180 valence electrons. The molecule has 0 saturated heterocycles. The molecule has 0 amide bonds. The van der Waals surface area contributed by atoms with Crippen LogP contribution in [0, 0.1) is 17.3 Å². The van der Waals surface area contributed by atoms with E-state index in [0.29, 0.717) is 29.9 Å². The van der Waals surface area contributed by atoms with E-state index in [1.54, 1.807) is 0 Å². The Kier molecular flexibility index (Phi) is 5.73. The van der Waals surface area contributed by atoms with Gasteiger partial charge in [-0.25, -0.2) is 5.14 Å². The predicted molar refractivity (Wildman–Crippen MR) is 121 cm³/mol. The largest absolute Gasteiger partial charge is 0.380 e. The van der Waals surface area contributed by atoms with Gasteiger partial charge in [0, 0.05) is 5.56 Å². The summed E-state index contributed by atoms with van der Waals surface area (Å²) < 4.78 is 57.0. The summed E-state index contributed by atoms with van der Waals surface area (Å²) in [6, 6.07) is 3.97. The van der Waals surface area contributed by atoms with E-state index in [9.17, 15) is 16.8 Å². The van der Waals surface area contributed by atoms with Crippen molar-refractivity contribution in [2.45, 2.75) is 83.7 Å². The Morgan fingerprint density at radius 1 is 1.00 bits per heavy atom. The van der Waals surface area contributed by atoms with Crippen LogP contribution in [0.4, 0.5) is 0 Å². The van der Waals surface area contributed by atoms with Crippen molar-refractivity contribution in [2.75, 3.05) is 0 Å². The highest BCUT2D eigenvalue weighted by Crippen LogP contribution is 2.62. The summed E-state index contributed by atoms with van der Waals surface area (Å²) in [6.07, 6.45) is 4.81. The number of fused-ring (bicyclic) bond motifs is 5. The minimum absolute atomic E-state index is 0.214. The van der Waals surface area contributed by atoms with Crippen molar-refractivity contribution in [1.82, 2.24) is 0 Å². The lowest BCUT2D eigenvalue weighted by Crippen LogP contribution is -2.45. The monoisotopic (exact) mass is 486 g/mol. The maximum Gasteiger partial charge on any atom is 0.380 e. The normalized spacial score (nSPS) is 32.7. The fourth-order valence-corrected chi connectivity index (χ4v) is 7.68. The van der Waals surface area contributed by atoms with Gasteiger partial charge in [-0.1, -0.05) is 33.8 Å². The molecule has 10 heteroatoms. The standard InChI is InChI=1S/C22H34N2O6S2/c1-21(2,3)18-12-16-13(11-19(18)29-31(23,25)26)5-6-15-14(16)9-10-22(4)17(15)7-8-20(22)30-32(24,27)28/h11-12,14-15,17,20H,5-10H2,1-4H3,(H2,23,25,26)(H2,24,27,28)/t14-,15+,17-,20-,22-/m0/s1. The summed E-state index contributed by atoms with van der Waals surface area (Å²) in [5.41, 5.74) is 2.64. The van der Waals surface area contributed by atoms with Gasteiger partial charge in [0.05, 0.1) is 6.10 Å². The SMILES string of the molecule is CC(C)(C)c1cc2c(cc1OS(N)(=O)=O)CC[C@@H]1[C@@H]2CC[C@]2(C)[C@@H](OS(N)(=O)=O)CC[C@@H]12. The van der Waals surface area contributed by atoms with Crippen LogP contribution >= 0.6 is 0 Å². The summed E-state index contributed by atoms with van der Waals surface area (Å²) in [4.78, 5) is 0. The van der Waals surface area contributed by atoms with Crippen molar-refractivity contribution in [1.29, 1.82) is 0 Å². The average Bonchev–Trinajstić information content (AvgIpc) is 2.93. The van der Waals surface area contributed by atoms with Crippen LogP contribution in [0.3, 0.4) is 0 Å². The van der Waals surface area contributed by atoms with Crippen molar-refractivity contribution in [3.05, 3.63) is 28.8 Å². The van der Waals surface area contributed by atoms with Crippen molar-refractivity contribution in [2.24, 2.45) is 27.5 Å². The molecule has 0 spiro atoms. The van der Waals surface area contributed by atoms with E-state index in [2.05, 4.69) is 13.0 Å². The predicted octanol–water partition coefficient (Wildman–Crippen LogP) is 3.01. The van der Waals surface area contributed by atoms with Gasteiger partial charge in [-0.2, -0.15) is 22.0 Å². The average molecular weight is 487 g/mol. The van der Waals surface area contributed by atoms with Crippen LogP contribution in [-0.2, 0) is 36.6 Å². The summed E-state index contributed by atoms with van der Waals surface area (Å²) in [5, 5.41) is 10.4. The van der Waals surface area contributed by atoms with E-state index in [-0.39, 0.29) is 16.9 Å². The third kappa shape index (κ3) is 4.44. The van der Waals surface area contributed by atoms with Crippen molar-refractivity contribution in [3.63, 3.8) is 0 Å². The highest BCUT2D eigenvalue weighted by molar-refractivity contribution is 7.84. The highest BCUT2D eigenvalue weighted by atomic mass is 32.2. The third-order valence-corrected chi connectivity index (χ3v) is 8.91. The fraction of sp³-hybridized carbons (Fsp3) is 0.727. The summed E-state index contributed by atoms with van der Waals surface area (Å²) in [6.45, 7) is 8.22. The van der Waals surface area contributed by atoms with E-state index in [4.69, 9.17) is 18.6 Å². The first-order chi connectivity index (χ1) is 14.6. The zero-order valence-electron chi connectivity index (χ0n) is 19.1. The zero-order valence-corrected chi connectivity index (χ0v) is 20.8. The molecule has 0 bridgehead atoms. The Balaban J connectivity index is 1.70. The maximum atomic E-state index is 11.7. The Morgan fingerprint density at radius 2 is 1.69 bits per heavy atom. The molecule has 1 aromatic carbocycles. The van der Waals surface area contributed by atoms with Gasteiger partial charge in [0.15, 0.2) is 0 Å². The summed E-state index contributed by atoms with van der Waals surface area (Å²) in [7, 11) is -8.11. The van der Waals surface area contributed by atoms with E-state index in [1.807, 2.05) is 26.8 Å². The van der Waals surface area contributed by atoms with Crippen LogP contribution in [0.15, 0.2) is 12.1 Å². The van der Waals surface area contributed by atoms with Crippen LogP contribution < -0.4 is 14.5 Å². The second-order valence-electron chi connectivity index (χ2n) is 11.0. The number of benzene rings is 1. The molecule has 5 atom stereocenters. The minimum Gasteiger partial charge on any atom is -0.371 e. The quantitative estimate of drug-likeness (QED) is 0.671. The number of aryl methyl sites for hydroxylation is 1. The third-order valence-electron chi connectivity index (χ3n) is 8.00. The van der Waals surface area contributed by atoms with Gasteiger partial charge >= 0.3 is 20.6 Å². The molecule has 3 aliphatic carbocycles. The molecule has 0 radical (unpaired) electrons. The van der Waals surface area contributed by atoms with Crippen LogP contribution in [-0.4, -0.2) is 22.9 Å². The number of nitrogens with two attached hydrogens (primary N) is 2. The Hall–Kier alpha value is -1.20. The Labute approximate surface area is 191 Å². The summed E-state index contributed by atoms with van der Waals surface area (Å²) >= 11 is 0. The van der Waals surface area contributed by atoms with Crippen LogP contribution in [0.2, 0.25) is 0 Å². The van der Waals surface area contributed by atoms with Crippen LogP contribution in [0.1, 0.15) is 82.4 Å². The Morgan fingerprint density at radius 3 is 2.28 bits per heavy atom. The van der Waals surface area contributed by atoms with Crippen molar-refractivity contribution >= 4 is 20.6 Å². The van der Waals surface area contributed by atoms with E-state index >= 15 is 0 Å². The van der Waals surface area contributed by atoms with Gasteiger partial charge in [0.2, 0.25) is 0 Å². The van der Waals surface area contributed by atoms with E-state index in [0.717, 1.165) is 43.2 Å².